The Morgan fingerprint density at radius 1 is 2.00 bits per heavy atom. The third-order valence-electron chi connectivity index (χ3n) is 0.855. The van der Waals surface area contributed by atoms with Crippen LogP contribution in [0.3, 0.4) is 0 Å². The molecule has 1 unspecified atom stereocenters. The molecule has 1 rings (SSSR count). The molecule has 1 heterocycles. The van der Waals surface area contributed by atoms with E-state index in [1.165, 1.54) is 6.26 Å². The normalized spacial score (nSPS) is 32.6. The average molecular weight is 160 g/mol. The van der Waals surface area contributed by atoms with E-state index in [1.807, 2.05) is 0 Å². The Labute approximate surface area is 58.8 Å². The van der Waals surface area contributed by atoms with E-state index in [4.69, 9.17) is 6.42 Å². The van der Waals surface area contributed by atoms with E-state index >= 15 is 0 Å². The SMILES string of the molecule is C#CC1=COS(=O)(=S)C1. The first-order valence-electron chi connectivity index (χ1n) is 2.21. The van der Waals surface area contributed by atoms with Crippen molar-refractivity contribution >= 4 is 20.0 Å². The summed E-state index contributed by atoms with van der Waals surface area (Å²) < 4.78 is 15.4. The van der Waals surface area contributed by atoms with Crippen LogP contribution in [0.4, 0.5) is 0 Å². The van der Waals surface area contributed by atoms with Gasteiger partial charge in [0, 0.05) is 11.2 Å². The van der Waals surface area contributed by atoms with Crippen molar-refractivity contribution < 1.29 is 8.39 Å². The maximum atomic E-state index is 10.8. The van der Waals surface area contributed by atoms with Gasteiger partial charge in [-0.3, -0.25) is 0 Å². The Hall–Kier alpha value is -0.530. The molecule has 0 fully saturated rings. The van der Waals surface area contributed by atoms with E-state index in [0.29, 0.717) is 5.57 Å². The second-order valence-electron chi connectivity index (χ2n) is 1.59. The molecular weight excluding hydrogens is 156 g/mol. The molecule has 0 aromatic carbocycles. The summed E-state index contributed by atoms with van der Waals surface area (Å²) >= 11 is 4.51. The summed E-state index contributed by atoms with van der Waals surface area (Å²) in [7, 11) is -2.51. The van der Waals surface area contributed by atoms with Gasteiger partial charge in [0.25, 0.3) is 0 Å². The molecule has 1 aliphatic heterocycles. The first kappa shape index (κ1) is 6.59. The molecule has 0 aliphatic carbocycles. The highest BCUT2D eigenvalue weighted by Crippen LogP contribution is 2.11. The number of hydrogen-bond donors (Lipinski definition) is 0. The third-order valence-corrected chi connectivity index (χ3v) is 2.50. The minimum Gasteiger partial charge on any atom is -0.407 e. The second kappa shape index (κ2) is 2.01. The lowest BCUT2D eigenvalue weighted by molar-refractivity contribution is 0.517. The summed E-state index contributed by atoms with van der Waals surface area (Å²) in [6, 6.07) is 0. The van der Waals surface area contributed by atoms with Crippen LogP contribution in [0.5, 0.6) is 0 Å². The maximum Gasteiger partial charge on any atom is 0.190 e. The van der Waals surface area contributed by atoms with Crippen molar-refractivity contribution in [3.63, 3.8) is 0 Å². The quantitative estimate of drug-likeness (QED) is 0.473. The molecule has 2 nitrogen and oxygen atoms in total. The van der Waals surface area contributed by atoms with Crippen molar-refractivity contribution in [1.82, 2.24) is 0 Å². The van der Waals surface area contributed by atoms with Crippen LogP contribution < -0.4 is 0 Å². The highest BCUT2D eigenvalue weighted by atomic mass is 32.8. The zero-order chi connectivity index (χ0) is 6.91. The van der Waals surface area contributed by atoms with Gasteiger partial charge in [-0.05, 0) is 0 Å². The van der Waals surface area contributed by atoms with Gasteiger partial charge in [0.2, 0.25) is 0 Å². The van der Waals surface area contributed by atoms with Gasteiger partial charge < -0.3 is 4.18 Å². The standard InChI is InChI=1S/C5H4O2S2/c1-2-5-3-7-9(6,8)4-5/h1,3H,4H2. The molecule has 48 valence electrons. The lowest BCUT2D eigenvalue weighted by atomic mass is 10.4. The average Bonchev–Trinajstić information content (AvgIpc) is 2.10. The molecule has 4 heteroatoms. The van der Waals surface area contributed by atoms with Crippen LogP contribution in [0.25, 0.3) is 0 Å². The van der Waals surface area contributed by atoms with Crippen LogP contribution in [0.1, 0.15) is 0 Å². The third kappa shape index (κ3) is 1.44. The van der Waals surface area contributed by atoms with E-state index in [-0.39, 0.29) is 5.75 Å². The first-order valence-corrected chi connectivity index (χ1v) is 4.78. The first-order chi connectivity index (χ1) is 4.14. The molecule has 0 spiro atoms. The van der Waals surface area contributed by atoms with Crippen LogP contribution in [-0.4, -0.2) is 9.96 Å². The lowest BCUT2D eigenvalue weighted by Crippen LogP contribution is -1.98. The molecular formula is C5H4O2S2. The maximum absolute atomic E-state index is 10.8. The fourth-order valence-corrected chi connectivity index (χ4v) is 1.83. The fraction of sp³-hybridized carbons (Fsp3) is 0.200. The molecule has 1 atom stereocenters. The Morgan fingerprint density at radius 3 is 2.89 bits per heavy atom. The van der Waals surface area contributed by atoms with Gasteiger partial charge in [0.05, 0.1) is 11.3 Å². The zero-order valence-corrected chi connectivity index (χ0v) is 6.13. The molecule has 1 aliphatic rings. The van der Waals surface area contributed by atoms with Gasteiger partial charge >= 0.3 is 0 Å². The van der Waals surface area contributed by atoms with Crippen molar-refractivity contribution in [2.75, 3.05) is 5.75 Å². The second-order valence-corrected chi connectivity index (χ2v) is 4.71. The number of rotatable bonds is 0. The van der Waals surface area contributed by atoms with Gasteiger partial charge in [-0.1, -0.05) is 5.92 Å². The van der Waals surface area contributed by atoms with Crippen molar-refractivity contribution in [3.05, 3.63) is 11.8 Å². The van der Waals surface area contributed by atoms with Crippen LogP contribution in [0.15, 0.2) is 11.8 Å². The number of terminal acetylenes is 1. The minimum absolute atomic E-state index is 0.207. The molecule has 0 saturated carbocycles. The highest BCUT2D eigenvalue weighted by Gasteiger charge is 2.15. The van der Waals surface area contributed by atoms with Crippen LogP contribution in [0.2, 0.25) is 0 Å². The van der Waals surface area contributed by atoms with E-state index in [2.05, 4.69) is 21.3 Å². The van der Waals surface area contributed by atoms with Gasteiger partial charge in [-0.2, -0.15) is 0 Å². The van der Waals surface area contributed by atoms with Gasteiger partial charge in [0.1, 0.15) is 6.26 Å². The Morgan fingerprint density at radius 2 is 2.67 bits per heavy atom. The molecule has 0 bridgehead atoms. The lowest BCUT2D eigenvalue weighted by Gasteiger charge is -1.91. The summed E-state index contributed by atoms with van der Waals surface area (Å²) in [6.07, 6.45) is 6.27. The summed E-state index contributed by atoms with van der Waals surface area (Å²) in [6.45, 7) is 0. The molecule has 9 heavy (non-hydrogen) atoms. The van der Waals surface area contributed by atoms with E-state index < -0.39 is 8.77 Å². The number of hydrogen-bond acceptors (Lipinski definition) is 3. The topological polar surface area (TPSA) is 26.3 Å². The predicted molar refractivity (Wildman–Crippen MR) is 38.4 cm³/mol. The smallest absolute Gasteiger partial charge is 0.190 e. The van der Waals surface area contributed by atoms with Crippen LogP contribution >= 0.6 is 0 Å². The van der Waals surface area contributed by atoms with Gasteiger partial charge in [0.15, 0.2) is 8.77 Å². The van der Waals surface area contributed by atoms with Crippen LogP contribution in [-0.2, 0) is 24.1 Å². The van der Waals surface area contributed by atoms with Crippen molar-refractivity contribution in [1.29, 1.82) is 0 Å². The Balaban J connectivity index is 2.87. The van der Waals surface area contributed by atoms with Gasteiger partial charge in [-0.15, -0.1) is 6.42 Å². The minimum atomic E-state index is -2.51. The van der Waals surface area contributed by atoms with E-state index in [1.54, 1.807) is 0 Å². The van der Waals surface area contributed by atoms with E-state index in [0.717, 1.165) is 0 Å². The molecule has 0 N–H and O–H groups in total. The monoisotopic (exact) mass is 160 g/mol. The summed E-state index contributed by atoms with van der Waals surface area (Å²) in [5, 5.41) is 0. The Kier molecular flexibility index (Phi) is 1.47. The summed E-state index contributed by atoms with van der Waals surface area (Å²) in [5.74, 6) is 2.52. The predicted octanol–water partition coefficient (Wildman–Crippen LogP) is 0.195. The van der Waals surface area contributed by atoms with Crippen molar-refractivity contribution in [2.45, 2.75) is 0 Å². The summed E-state index contributed by atoms with van der Waals surface area (Å²) in [4.78, 5) is 0. The molecule has 0 saturated heterocycles. The van der Waals surface area contributed by atoms with Crippen molar-refractivity contribution in [3.8, 4) is 12.3 Å². The molecule has 0 radical (unpaired) electrons. The van der Waals surface area contributed by atoms with Crippen LogP contribution in [0, 0.1) is 12.3 Å². The Bertz CT molecular complexity index is 279. The molecule has 0 amide bonds. The molecule has 0 aromatic rings. The highest BCUT2D eigenvalue weighted by molar-refractivity contribution is 8.30. The largest absolute Gasteiger partial charge is 0.407 e. The van der Waals surface area contributed by atoms with E-state index in [9.17, 15) is 4.21 Å². The summed E-state index contributed by atoms with van der Waals surface area (Å²) in [5.41, 5.74) is 0.579. The molecule has 0 aromatic heterocycles. The fourth-order valence-electron chi connectivity index (χ4n) is 0.466. The van der Waals surface area contributed by atoms with Crippen molar-refractivity contribution in [2.24, 2.45) is 0 Å². The van der Waals surface area contributed by atoms with Gasteiger partial charge in [-0.25, -0.2) is 4.21 Å². The zero-order valence-electron chi connectivity index (χ0n) is 4.49.